The van der Waals surface area contributed by atoms with Gasteiger partial charge in [0.2, 0.25) is 0 Å². The molecule has 0 atom stereocenters. The number of nitrogens with two attached hydrogens (primary N) is 1. The normalized spacial score (nSPS) is 10.8. The molecular formula is C14H19N5O. The smallest absolute Gasteiger partial charge is 0.277 e. The topological polar surface area (TPSA) is 85.8 Å². The number of carbonyl (C=O) groups is 1. The molecule has 2 rings (SSSR count). The van der Waals surface area contributed by atoms with Crippen LogP contribution in [0.15, 0.2) is 30.5 Å². The van der Waals surface area contributed by atoms with Crippen molar-refractivity contribution in [3.05, 3.63) is 41.7 Å². The van der Waals surface area contributed by atoms with Crippen LogP contribution in [0.5, 0.6) is 0 Å². The van der Waals surface area contributed by atoms with Crippen molar-refractivity contribution in [1.29, 1.82) is 0 Å². The third-order valence-electron chi connectivity index (χ3n) is 2.96. The van der Waals surface area contributed by atoms with E-state index in [0.717, 1.165) is 5.69 Å². The lowest BCUT2D eigenvalue weighted by molar-refractivity contribution is 0.102. The summed E-state index contributed by atoms with van der Waals surface area (Å²) in [5.41, 5.74) is 7.68. The van der Waals surface area contributed by atoms with Crippen molar-refractivity contribution in [2.75, 3.05) is 11.9 Å². The minimum atomic E-state index is -0.273. The molecule has 1 aromatic heterocycles. The van der Waals surface area contributed by atoms with E-state index in [-0.39, 0.29) is 11.6 Å². The molecule has 20 heavy (non-hydrogen) atoms. The quantitative estimate of drug-likeness (QED) is 0.866. The number of nitrogens with one attached hydrogen (secondary N) is 1. The zero-order valence-corrected chi connectivity index (χ0v) is 11.7. The SMILES string of the molecule is CC(C)c1ccc(NC(=O)c2cn(CCN)nn2)cc1. The first-order valence-corrected chi connectivity index (χ1v) is 6.61. The third kappa shape index (κ3) is 3.42. The van der Waals surface area contributed by atoms with E-state index in [0.29, 0.717) is 19.0 Å². The van der Waals surface area contributed by atoms with Gasteiger partial charge in [-0.3, -0.25) is 9.48 Å². The van der Waals surface area contributed by atoms with Crippen LogP contribution in [-0.2, 0) is 6.54 Å². The Morgan fingerprint density at radius 2 is 2.05 bits per heavy atom. The first-order chi connectivity index (χ1) is 9.60. The zero-order valence-electron chi connectivity index (χ0n) is 11.7. The fourth-order valence-electron chi connectivity index (χ4n) is 1.79. The Hall–Kier alpha value is -2.21. The van der Waals surface area contributed by atoms with E-state index >= 15 is 0 Å². The molecule has 0 spiro atoms. The van der Waals surface area contributed by atoms with Crippen molar-refractivity contribution in [3.8, 4) is 0 Å². The second-order valence-corrected chi connectivity index (χ2v) is 4.89. The first kappa shape index (κ1) is 14.2. The molecule has 0 aliphatic carbocycles. The maximum atomic E-state index is 12.0. The van der Waals surface area contributed by atoms with E-state index in [2.05, 4.69) is 29.5 Å². The largest absolute Gasteiger partial charge is 0.329 e. The highest BCUT2D eigenvalue weighted by Crippen LogP contribution is 2.17. The van der Waals surface area contributed by atoms with Gasteiger partial charge in [-0.15, -0.1) is 5.10 Å². The lowest BCUT2D eigenvalue weighted by atomic mass is 10.0. The molecule has 6 nitrogen and oxygen atoms in total. The Morgan fingerprint density at radius 3 is 2.65 bits per heavy atom. The van der Waals surface area contributed by atoms with Gasteiger partial charge in [0, 0.05) is 12.2 Å². The van der Waals surface area contributed by atoms with E-state index in [9.17, 15) is 4.79 Å². The van der Waals surface area contributed by atoms with Crippen LogP contribution in [0.25, 0.3) is 0 Å². The average Bonchev–Trinajstić information content (AvgIpc) is 2.88. The highest BCUT2D eigenvalue weighted by Gasteiger charge is 2.11. The Bertz CT molecular complexity index is 574. The van der Waals surface area contributed by atoms with Crippen LogP contribution in [0.4, 0.5) is 5.69 Å². The summed E-state index contributed by atoms with van der Waals surface area (Å²) in [5.74, 6) is 0.196. The Labute approximate surface area is 118 Å². The number of anilines is 1. The summed E-state index contributed by atoms with van der Waals surface area (Å²) in [6.45, 7) is 5.26. The van der Waals surface area contributed by atoms with Crippen molar-refractivity contribution >= 4 is 11.6 Å². The van der Waals surface area contributed by atoms with Gasteiger partial charge < -0.3 is 11.1 Å². The molecule has 0 saturated carbocycles. The fraction of sp³-hybridized carbons (Fsp3) is 0.357. The molecule has 3 N–H and O–H groups in total. The molecule has 0 bridgehead atoms. The van der Waals surface area contributed by atoms with E-state index in [1.807, 2.05) is 24.3 Å². The Balaban J connectivity index is 2.03. The third-order valence-corrected chi connectivity index (χ3v) is 2.96. The molecule has 0 aliphatic rings. The van der Waals surface area contributed by atoms with Crippen LogP contribution in [-0.4, -0.2) is 27.4 Å². The number of hydrogen-bond donors (Lipinski definition) is 2. The summed E-state index contributed by atoms with van der Waals surface area (Å²) < 4.78 is 1.55. The van der Waals surface area contributed by atoms with Gasteiger partial charge in [0.25, 0.3) is 5.91 Å². The van der Waals surface area contributed by atoms with Crippen LogP contribution in [0.2, 0.25) is 0 Å². The minimum Gasteiger partial charge on any atom is -0.329 e. The lowest BCUT2D eigenvalue weighted by Crippen LogP contribution is -2.12. The standard InChI is InChI=1S/C14H19N5O/c1-10(2)11-3-5-12(6-4-11)16-14(20)13-9-19(8-7-15)18-17-13/h3-6,9-10H,7-8,15H2,1-2H3,(H,16,20). The monoisotopic (exact) mass is 273 g/mol. The number of benzene rings is 1. The number of carbonyl (C=O) groups excluding carboxylic acids is 1. The van der Waals surface area contributed by atoms with Crippen molar-refractivity contribution in [3.63, 3.8) is 0 Å². The van der Waals surface area contributed by atoms with Crippen LogP contribution >= 0.6 is 0 Å². The molecule has 1 heterocycles. The summed E-state index contributed by atoms with van der Waals surface area (Å²) in [4.78, 5) is 12.0. The average molecular weight is 273 g/mol. The van der Waals surface area contributed by atoms with Crippen LogP contribution in [0.3, 0.4) is 0 Å². The summed E-state index contributed by atoms with van der Waals surface area (Å²) in [7, 11) is 0. The van der Waals surface area contributed by atoms with Gasteiger partial charge in [0.1, 0.15) is 0 Å². The second kappa shape index (κ2) is 6.29. The van der Waals surface area contributed by atoms with E-state index in [1.54, 1.807) is 10.9 Å². The maximum absolute atomic E-state index is 12.0. The number of aromatic nitrogens is 3. The summed E-state index contributed by atoms with van der Waals surface area (Å²) in [6, 6.07) is 7.78. The van der Waals surface area contributed by atoms with E-state index < -0.39 is 0 Å². The molecule has 0 aliphatic heterocycles. The minimum absolute atomic E-state index is 0.273. The van der Waals surface area contributed by atoms with Gasteiger partial charge in [0.05, 0.1) is 12.7 Å². The predicted molar refractivity (Wildman–Crippen MR) is 77.6 cm³/mol. The predicted octanol–water partition coefficient (Wildman–Crippen LogP) is 1.61. The molecule has 1 aromatic carbocycles. The van der Waals surface area contributed by atoms with Crippen molar-refractivity contribution < 1.29 is 4.79 Å². The van der Waals surface area contributed by atoms with E-state index in [4.69, 9.17) is 5.73 Å². The van der Waals surface area contributed by atoms with Gasteiger partial charge in [-0.1, -0.05) is 31.2 Å². The van der Waals surface area contributed by atoms with Gasteiger partial charge in [-0.05, 0) is 23.6 Å². The second-order valence-electron chi connectivity index (χ2n) is 4.89. The number of rotatable bonds is 5. The van der Waals surface area contributed by atoms with Crippen LogP contribution in [0.1, 0.15) is 35.8 Å². The summed E-state index contributed by atoms with van der Waals surface area (Å²) in [5, 5.41) is 10.4. The van der Waals surface area contributed by atoms with Crippen molar-refractivity contribution in [1.82, 2.24) is 15.0 Å². The fourth-order valence-corrected chi connectivity index (χ4v) is 1.79. The van der Waals surface area contributed by atoms with Gasteiger partial charge >= 0.3 is 0 Å². The number of amides is 1. The first-order valence-electron chi connectivity index (χ1n) is 6.61. The Kier molecular flexibility index (Phi) is 4.47. The van der Waals surface area contributed by atoms with Crippen molar-refractivity contribution in [2.45, 2.75) is 26.3 Å². The molecule has 0 saturated heterocycles. The molecule has 0 radical (unpaired) electrons. The van der Waals surface area contributed by atoms with E-state index in [1.165, 1.54) is 5.56 Å². The highest BCUT2D eigenvalue weighted by molar-refractivity contribution is 6.02. The molecular weight excluding hydrogens is 254 g/mol. The maximum Gasteiger partial charge on any atom is 0.277 e. The van der Waals surface area contributed by atoms with Gasteiger partial charge in [-0.25, -0.2) is 0 Å². The molecule has 106 valence electrons. The highest BCUT2D eigenvalue weighted by atomic mass is 16.2. The molecule has 0 fully saturated rings. The summed E-state index contributed by atoms with van der Waals surface area (Å²) >= 11 is 0. The Morgan fingerprint density at radius 1 is 1.35 bits per heavy atom. The molecule has 6 heteroatoms. The number of nitrogens with zero attached hydrogens (tertiary/aromatic N) is 3. The van der Waals surface area contributed by atoms with Crippen LogP contribution < -0.4 is 11.1 Å². The molecule has 1 amide bonds. The lowest BCUT2D eigenvalue weighted by Gasteiger charge is -2.07. The van der Waals surface area contributed by atoms with Gasteiger partial charge in [0.15, 0.2) is 5.69 Å². The molecule has 2 aromatic rings. The summed E-state index contributed by atoms with van der Waals surface area (Å²) in [6.07, 6.45) is 1.59. The van der Waals surface area contributed by atoms with Crippen molar-refractivity contribution in [2.24, 2.45) is 5.73 Å². The molecule has 0 unspecified atom stereocenters. The zero-order chi connectivity index (χ0) is 14.5. The van der Waals surface area contributed by atoms with Gasteiger partial charge in [-0.2, -0.15) is 0 Å². The van der Waals surface area contributed by atoms with Crippen LogP contribution in [0, 0.1) is 0 Å². The number of hydrogen-bond acceptors (Lipinski definition) is 4.